The molecular weight excluding hydrogens is 492 g/mol. The molecule has 5 aromatic rings. The zero-order valence-electron chi connectivity index (χ0n) is 22.3. The van der Waals surface area contributed by atoms with Crippen LogP contribution in [0.4, 0.5) is 28.8 Å². The molecule has 0 saturated heterocycles. The van der Waals surface area contributed by atoms with Gasteiger partial charge in [0.2, 0.25) is 11.8 Å². The fourth-order valence-corrected chi connectivity index (χ4v) is 5.61. The van der Waals surface area contributed by atoms with Crippen LogP contribution in [0.2, 0.25) is 0 Å². The first-order valence-electron chi connectivity index (χ1n) is 13.8. The predicted molar refractivity (Wildman–Crippen MR) is 160 cm³/mol. The maximum atomic E-state index is 9.17. The topological polar surface area (TPSA) is 76.6 Å². The van der Waals surface area contributed by atoms with Crippen molar-refractivity contribution in [3.05, 3.63) is 113 Å². The lowest BCUT2D eigenvalue weighted by Gasteiger charge is -2.15. The van der Waals surface area contributed by atoms with Gasteiger partial charge in [-0.1, -0.05) is 60.7 Å². The molecular formula is C34H29N6+. The van der Waals surface area contributed by atoms with E-state index in [4.69, 9.17) is 9.97 Å². The third kappa shape index (κ3) is 4.56. The van der Waals surface area contributed by atoms with Crippen LogP contribution in [0.15, 0.2) is 91.0 Å². The van der Waals surface area contributed by atoms with Gasteiger partial charge in [-0.25, -0.2) is 4.98 Å². The molecule has 6 nitrogen and oxygen atoms in total. The summed E-state index contributed by atoms with van der Waals surface area (Å²) in [6.07, 6.45) is 4.77. The number of anilines is 4. The summed E-state index contributed by atoms with van der Waals surface area (Å²) >= 11 is 0. The van der Waals surface area contributed by atoms with Crippen molar-refractivity contribution in [2.45, 2.75) is 38.1 Å². The largest absolute Gasteiger partial charge is 0.334 e. The average Bonchev–Trinajstić information content (AvgIpc) is 3.78. The first kappa shape index (κ1) is 24.1. The number of benzene rings is 4. The molecule has 1 saturated carbocycles. The zero-order valence-corrected chi connectivity index (χ0v) is 22.3. The number of hydrogen-bond donors (Lipinski definition) is 2. The monoisotopic (exact) mass is 521 g/mol. The molecule has 1 unspecified atom stereocenters. The quantitative estimate of drug-likeness (QED) is 0.213. The van der Waals surface area contributed by atoms with Crippen molar-refractivity contribution < 1.29 is 4.58 Å². The normalized spacial score (nSPS) is 15.8. The fraction of sp³-hybridized carbons (Fsp3) is 0.176. The second-order valence-electron chi connectivity index (χ2n) is 10.6. The van der Waals surface area contributed by atoms with Crippen molar-refractivity contribution in [3.63, 3.8) is 0 Å². The number of hydrogen-bond acceptors (Lipinski definition) is 5. The minimum atomic E-state index is 0.123. The van der Waals surface area contributed by atoms with E-state index in [9.17, 15) is 5.26 Å². The molecule has 194 valence electrons. The Morgan fingerprint density at radius 2 is 1.60 bits per heavy atom. The first-order valence-corrected chi connectivity index (χ1v) is 13.8. The molecule has 0 amide bonds. The number of fused-ring (bicyclic) bond motifs is 2. The van der Waals surface area contributed by atoms with Crippen LogP contribution in [-0.4, -0.2) is 20.8 Å². The second kappa shape index (κ2) is 9.94. The van der Waals surface area contributed by atoms with Crippen LogP contribution < -0.4 is 10.6 Å². The summed E-state index contributed by atoms with van der Waals surface area (Å²) in [6.45, 7) is 2.91. The van der Waals surface area contributed by atoms with Gasteiger partial charge in [0.25, 0.3) is 5.69 Å². The van der Waals surface area contributed by atoms with Crippen LogP contribution in [0.25, 0.3) is 10.8 Å². The molecule has 7 rings (SSSR count). The Balaban J connectivity index is 1.32. The van der Waals surface area contributed by atoms with Gasteiger partial charge in [0.1, 0.15) is 5.69 Å². The highest BCUT2D eigenvalue weighted by Crippen LogP contribution is 2.45. The van der Waals surface area contributed by atoms with Gasteiger partial charge >= 0.3 is 0 Å². The van der Waals surface area contributed by atoms with E-state index in [1.807, 2.05) is 18.2 Å². The van der Waals surface area contributed by atoms with E-state index in [1.54, 1.807) is 12.1 Å². The molecule has 40 heavy (non-hydrogen) atoms. The summed E-state index contributed by atoms with van der Waals surface area (Å²) < 4.78 is 2.27. The van der Waals surface area contributed by atoms with E-state index in [1.165, 1.54) is 34.7 Å². The van der Waals surface area contributed by atoms with Crippen LogP contribution >= 0.6 is 0 Å². The Morgan fingerprint density at radius 3 is 2.35 bits per heavy atom. The third-order valence-corrected chi connectivity index (χ3v) is 7.73. The molecule has 1 fully saturated rings. The third-order valence-electron chi connectivity index (χ3n) is 7.73. The molecule has 1 aliphatic heterocycles. The van der Waals surface area contributed by atoms with E-state index in [0.717, 1.165) is 35.1 Å². The van der Waals surface area contributed by atoms with Gasteiger partial charge in [0.05, 0.1) is 17.6 Å². The molecule has 1 aromatic heterocycles. The van der Waals surface area contributed by atoms with Crippen molar-refractivity contribution in [1.29, 1.82) is 5.26 Å². The predicted octanol–water partition coefficient (Wildman–Crippen LogP) is 7.90. The van der Waals surface area contributed by atoms with Crippen molar-refractivity contribution in [1.82, 2.24) is 9.97 Å². The number of nitrogens with one attached hydrogen (secondary N) is 2. The Labute approximate surface area is 233 Å². The molecule has 1 aliphatic carbocycles. The molecule has 2 N–H and O–H groups in total. The van der Waals surface area contributed by atoms with Crippen LogP contribution in [-0.2, 0) is 6.54 Å². The second-order valence-corrected chi connectivity index (χ2v) is 10.6. The lowest BCUT2D eigenvalue weighted by molar-refractivity contribution is -0.449. The first-order chi connectivity index (χ1) is 19.7. The molecule has 0 bridgehead atoms. The summed E-state index contributed by atoms with van der Waals surface area (Å²) in [7, 11) is 0. The number of aromatic nitrogens is 2. The van der Waals surface area contributed by atoms with Gasteiger partial charge in [-0.3, -0.25) is 0 Å². The molecule has 0 radical (unpaired) electrons. The van der Waals surface area contributed by atoms with Crippen LogP contribution in [0.1, 0.15) is 54.0 Å². The van der Waals surface area contributed by atoms with Gasteiger partial charge < -0.3 is 10.6 Å². The summed E-state index contributed by atoms with van der Waals surface area (Å²) in [5.74, 6) is 2.08. The SMILES string of the molecule is CC1C=[N+](Cc2ccccc2)c2c(Nc3ccc(C4CC4)c4ccccc34)nc(Nc3ccc(C#N)cc3)nc21. The summed E-state index contributed by atoms with van der Waals surface area (Å²) in [5.41, 5.74) is 7.11. The molecule has 6 heteroatoms. The van der Waals surface area contributed by atoms with Gasteiger partial charge in [0, 0.05) is 22.3 Å². The molecule has 1 atom stereocenters. The van der Waals surface area contributed by atoms with Crippen LogP contribution in [0.3, 0.4) is 0 Å². The van der Waals surface area contributed by atoms with Gasteiger partial charge in [-0.05, 0) is 67.0 Å². The van der Waals surface area contributed by atoms with E-state index in [2.05, 4.69) is 95.1 Å². The highest BCUT2D eigenvalue weighted by Gasteiger charge is 2.35. The van der Waals surface area contributed by atoms with Crippen molar-refractivity contribution in [3.8, 4) is 6.07 Å². The standard InChI is InChI=1S/C34H29N6/c1-22-20-40(21-24-7-3-2-4-8-24)32-31(22)38-34(36-26-15-11-23(19-35)12-16-26)39-33(32)37-30-18-17-27(25-13-14-25)28-9-5-6-10-29(28)30/h2-12,15-18,20,22,25H,13-14,21H2,1H3,(H2,36,37,38,39)/q+1. The van der Waals surface area contributed by atoms with Gasteiger partial charge in [0.15, 0.2) is 12.8 Å². The number of nitriles is 1. The van der Waals surface area contributed by atoms with E-state index < -0.39 is 0 Å². The molecule has 0 spiro atoms. The minimum absolute atomic E-state index is 0.123. The highest BCUT2D eigenvalue weighted by atomic mass is 15.2. The minimum Gasteiger partial charge on any atom is -0.334 e. The molecule has 2 aliphatic rings. The Bertz CT molecular complexity index is 1800. The fourth-order valence-electron chi connectivity index (χ4n) is 5.61. The van der Waals surface area contributed by atoms with Gasteiger partial charge in [-0.2, -0.15) is 14.8 Å². The lowest BCUT2D eigenvalue weighted by Crippen LogP contribution is -2.09. The summed E-state index contributed by atoms with van der Waals surface area (Å²) in [5, 5.41) is 18.8. The summed E-state index contributed by atoms with van der Waals surface area (Å²) in [6, 6.07) is 33.1. The van der Waals surface area contributed by atoms with Crippen molar-refractivity contribution in [2.75, 3.05) is 10.6 Å². The smallest absolute Gasteiger partial charge is 0.271 e. The molecule has 4 aromatic carbocycles. The number of rotatable bonds is 7. The molecule has 2 heterocycles. The Morgan fingerprint density at radius 1 is 0.850 bits per heavy atom. The van der Waals surface area contributed by atoms with Crippen LogP contribution in [0.5, 0.6) is 0 Å². The highest BCUT2D eigenvalue weighted by molar-refractivity contribution is 5.98. The van der Waals surface area contributed by atoms with E-state index >= 15 is 0 Å². The van der Waals surface area contributed by atoms with Crippen LogP contribution in [0, 0.1) is 11.3 Å². The Hall–Kier alpha value is -5.02. The number of nitrogens with zero attached hydrogens (tertiary/aromatic N) is 4. The van der Waals surface area contributed by atoms with E-state index in [-0.39, 0.29) is 5.92 Å². The average molecular weight is 522 g/mol. The lowest BCUT2D eigenvalue weighted by atomic mass is 9.99. The van der Waals surface area contributed by atoms with Crippen molar-refractivity contribution in [2.24, 2.45) is 0 Å². The van der Waals surface area contributed by atoms with Gasteiger partial charge in [-0.15, -0.1) is 0 Å². The van der Waals surface area contributed by atoms with Crippen molar-refractivity contribution >= 4 is 45.8 Å². The zero-order chi connectivity index (χ0) is 27.1. The summed E-state index contributed by atoms with van der Waals surface area (Å²) in [4.78, 5) is 9.99. The Kier molecular flexibility index (Phi) is 5.98. The van der Waals surface area contributed by atoms with E-state index in [0.29, 0.717) is 17.4 Å². The maximum Gasteiger partial charge on any atom is 0.271 e. The maximum absolute atomic E-state index is 9.17.